The standard InChI is InChI=1S/C16H16ClNO2/c1-9-6-10(2)15(11(3)7-9)18-16(20)12-4-5-14(19)13(17)8-12/h4-8,19H,1-3H3,(H,18,20). The third kappa shape index (κ3) is 2.94. The second kappa shape index (κ2) is 5.55. The number of amides is 1. The molecule has 1 amide bonds. The van der Waals surface area contributed by atoms with Gasteiger partial charge in [-0.3, -0.25) is 4.79 Å². The smallest absolute Gasteiger partial charge is 0.255 e. The molecule has 20 heavy (non-hydrogen) atoms. The first kappa shape index (κ1) is 14.4. The molecule has 0 aliphatic rings. The molecule has 0 heterocycles. The van der Waals surface area contributed by atoms with Crippen molar-refractivity contribution in [3.8, 4) is 5.75 Å². The van der Waals surface area contributed by atoms with Crippen molar-refractivity contribution < 1.29 is 9.90 Å². The molecule has 2 aromatic rings. The Kier molecular flexibility index (Phi) is 4.00. The van der Waals surface area contributed by atoms with Crippen LogP contribution in [0.25, 0.3) is 0 Å². The van der Waals surface area contributed by atoms with E-state index in [1.165, 1.54) is 18.2 Å². The van der Waals surface area contributed by atoms with E-state index in [1.54, 1.807) is 0 Å². The minimum Gasteiger partial charge on any atom is -0.506 e. The first-order valence-electron chi connectivity index (χ1n) is 6.26. The van der Waals surface area contributed by atoms with Crippen LogP contribution in [0, 0.1) is 20.8 Å². The number of carbonyl (C=O) groups is 1. The van der Waals surface area contributed by atoms with E-state index in [9.17, 15) is 9.90 Å². The van der Waals surface area contributed by atoms with Crippen LogP contribution in [-0.4, -0.2) is 11.0 Å². The summed E-state index contributed by atoms with van der Waals surface area (Å²) in [4.78, 5) is 12.2. The van der Waals surface area contributed by atoms with Gasteiger partial charge >= 0.3 is 0 Å². The van der Waals surface area contributed by atoms with E-state index in [4.69, 9.17) is 11.6 Å². The van der Waals surface area contributed by atoms with Crippen LogP contribution in [0.5, 0.6) is 5.75 Å². The summed E-state index contributed by atoms with van der Waals surface area (Å²) in [5.74, 6) is -0.284. The Labute approximate surface area is 123 Å². The van der Waals surface area contributed by atoms with Crippen molar-refractivity contribution in [1.82, 2.24) is 0 Å². The minimum atomic E-state index is -0.248. The number of hydrogen-bond donors (Lipinski definition) is 2. The van der Waals surface area contributed by atoms with Crippen LogP contribution in [0.4, 0.5) is 5.69 Å². The number of aryl methyl sites for hydroxylation is 3. The number of anilines is 1. The van der Waals surface area contributed by atoms with Crippen LogP contribution in [0.15, 0.2) is 30.3 Å². The van der Waals surface area contributed by atoms with Gasteiger partial charge in [0.05, 0.1) is 5.02 Å². The predicted octanol–water partition coefficient (Wildman–Crippen LogP) is 4.22. The maximum absolute atomic E-state index is 12.2. The van der Waals surface area contributed by atoms with Gasteiger partial charge in [0.15, 0.2) is 0 Å². The normalized spacial score (nSPS) is 10.4. The molecular formula is C16H16ClNO2. The molecule has 0 spiro atoms. The highest BCUT2D eigenvalue weighted by Crippen LogP contribution is 2.26. The van der Waals surface area contributed by atoms with Gasteiger partial charge in [-0.15, -0.1) is 0 Å². The van der Waals surface area contributed by atoms with Crippen molar-refractivity contribution in [1.29, 1.82) is 0 Å². The first-order valence-corrected chi connectivity index (χ1v) is 6.64. The van der Waals surface area contributed by atoms with Crippen molar-refractivity contribution >= 4 is 23.2 Å². The zero-order valence-electron chi connectivity index (χ0n) is 11.6. The van der Waals surface area contributed by atoms with Gasteiger partial charge in [-0.25, -0.2) is 0 Å². The molecule has 0 bridgehead atoms. The second-order valence-corrected chi connectivity index (χ2v) is 5.30. The van der Waals surface area contributed by atoms with Crippen molar-refractivity contribution in [2.24, 2.45) is 0 Å². The average molecular weight is 290 g/mol. The molecule has 0 aromatic heterocycles. The van der Waals surface area contributed by atoms with Gasteiger partial charge in [0.1, 0.15) is 5.75 Å². The Hall–Kier alpha value is -2.00. The van der Waals surface area contributed by atoms with Crippen LogP contribution in [-0.2, 0) is 0 Å². The van der Waals surface area contributed by atoms with E-state index in [0.717, 1.165) is 22.4 Å². The fourth-order valence-corrected chi connectivity index (χ4v) is 2.39. The number of benzene rings is 2. The third-order valence-corrected chi connectivity index (χ3v) is 3.43. The lowest BCUT2D eigenvalue weighted by Gasteiger charge is -2.13. The fourth-order valence-electron chi connectivity index (χ4n) is 2.21. The SMILES string of the molecule is Cc1cc(C)c(NC(=O)c2ccc(O)c(Cl)c2)c(C)c1. The topological polar surface area (TPSA) is 49.3 Å². The quantitative estimate of drug-likeness (QED) is 0.869. The number of hydrogen-bond acceptors (Lipinski definition) is 2. The van der Waals surface area contributed by atoms with Crippen molar-refractivity contribution in [2.45, 2.75) is 20.8 Å². The lowest BCUT2D eigenvalue weighted by atomic mass is 10.0. The number of aromatic hydroxyl groups is 1. The largest absolute Gasteiger partial charge is 0.506 e. The molecule has 0 aliphatic heterocycles. The highest BCUT2D eigenvalue weighted by atomic mass is 35.5. The third-order valence-electron chi connectivity index (χ3n) is 3.13. The molecule has 4 heteroatoms. The molecule has 0 saturated heterocycles. The van der Waals surface area contributed by atoms with Crippen LogP contribution in [0.2, 0.25) is 5.02 Å². The van der Waals surface area contributed by atoms with Gasteiger partial charge in [-0.1, -0.05) is 29.3 Å². The van der Waals surface area contributed by atoms with Crippen molar-refractivity contribution in [3.63, 3.8) is 0 Å². The molecule has 0 atom stereocenters. The summed E-state index contributed by atoms with van der Waals surface area (Å²) in [5.41, 5.74) is 4.41. The van der Waals surface area contributed by atoms with E-state index in [-0.39, 0.29) is 16.7 Å². The summed E-state index contributed by atoms with van der Waals surface area (Å²) < 4.78 is 0. The van der Waals surface area contributed by atoms with Crippen LogP contribution in [0.1, 0.15) is 27.0 Å². The average Bonchev–Trinajstić information content (AvgIpc) is 2.36. The lowest BCUT2D eigenvalue weighted by molar-refractivity contribution is 0.102. The summed E-state index contributed by atoms with van der Waals surface area (Å²) in [6.07, 6.45) is 0. The zero-order valence-corrected chi connectivity index (χ0v) is 12.4. The molecule has 2 aromatic carbocycles. The Morgan fingerprint density at radius 1 is 1.10 bits per heavy atom. The van der Waals surface area contributed by atoms with Gasteiger partial charge in [-0.2, -0.15) is 0 Å². The van der Waals surface area contributed by atoms with Gasteiger partial charge in [0.2, 0.25) is 0 Å². The number of rotatable bonds is 2. The van der Waals surface area contributed by atoms with Crippen molar-refractivity contribution in [3.05, 3.63) is 57.6 Å². The summed E-state index contributed by atoms with van der Waals surface area (Å²) in [7, 11) is 0. The van der Waals surface area contributed by atoms with E-state index >= 15 is 0 Å². The molecule has 2 rings (SSSR count). The molecule has 0 unspecified atom stereocenters. The van der Waals surface area contributed by atoms with Crippen LogP contribution >= 0.6 is 11.6 Å². The summed E-state index contributed by atoms with van der Waals surface area (Å²) in [6, 6.07) is 8.44. The highest BCUT2D eigenvalue weighted by molar-refractivity contribution is 6.32. The molecule has 2 N–H and O–H groups in total. The summed E-state index contributed by atoms with van der Waals surface area (Å²) >= 11 is 5.81. The van der Waals surface area contributed by atoms with Crippen molar-refractivity contribution in [2.75, 3.05) is 5.32 Å². The number of halogens is 1. The lowest BCUT2D eigenvalue weighted by Crippen LogP contribution is -2.13. The van der Waals surface area contributed by atoms with E-state index in [0.29, 0.717) is 5.56 Å². The summed E-state index contributed by atoms with van der Waals surface area (Å²) in [6.45, 7) is 5.93. The maximum Gasteiger partial charge on any atom is 0.255 e. The predicted molar refractivity (Wildman–Crippen MR) is 81.7 cm³/mol. The van der Waals surface area contributed by atoms with Gasteiger partial charge in [0.25, 0.3) is 5.91 Å². The second-order valence-electron chi connectivity index (χ2n) is 4.89. The number of carbonyl (C=O) groups excluding carboxylic acids is 1. The van der Waals surface area contributed by atoms with Crippen LogP contribution < -0.4 is 5.32 Å². The molecular weight excluding hydrogens is 274 g/mol. The van der Waals surface area contributed by atoms with E-state index in [2.05, 4.69) is 5.32 Å². The van der Waals surface area contributed by atoms with E-state index < -0.39 is 0 Å². The Balaban J connectivity index is 2.30. The Morgan fingerprint density at radius 3 is 2.25 bits per heavy atom. The molecule has 0 aliphatic carbocycles. The molecule has 0 fully saturated rings. The first-order chi connectivity index (χ1) is 9.38. The van der Waals surface area contributed by atoms with Gasteiger partial charge in [-0.05, 0) is 50.1 Å². The van der Waals surface area contributed by atoms with Gasteiger partial charge < -0.3 is 10.4 Å². The van der Waals surface area contributed by atoms with Crippen LogP contribution in [0.3, 0.4) is 0 Å². The monoisotopic (exact) mass is 289 g/mol. The van der Waals surface area contributed by atoms with Gasteiger partial charge in [0, 0.05) is 11.3 Å². The number of phenolic OH excluding ortho intramolecular Hbond substituents is 1. The molecule has 104 valence electrons. The molecule has 3 nitrogen and oxygen atoms in total. The molecule has 0 radical (unpaired) electrons. The van der Waals surface area contributed by atoms with E-state index in [1.807, 2.05) is 32.9 Å². The maximum atomic E-state index is 12.2. The number of phenols is 1. The number of nitrogens with one attached hydrogen (secondary N) is 1. The fraction of sp³-hybridized carbons (Fsp3) is 0.188. The molecule has 0 saturated carbocycles. The Morgan fingerprint density at radius 2 is 1.70 bits per heavy atom. The summed E-state index contributed by atoms with van der Waals surface area (Å²) in [5, 5.41) is 12.4. The minimum absolute atomic E-state index is 0.0362. The highest BCUT2D eigenvalue weighted by Gasteiger charge is 2.11. The zero-order chi connectivity index (χ0) is 14.9. The Bertz CT molecular complexity index is 657.